The largest absolute Gasteiger partial charge is 0.478 e. The fourth-order valence-corrected chi connectivity index (χ4v) is 1.65. The van der Waals surface area contributed by atoms with E-state index in [0.29, 0.717) is 6.54 Å². The smallest absolute Gasteiger partial charge is 0.407 e. The van der Waals surface area contributed by atoms with Crippen LogP contribution in [0.15, 0.2) is 24.3 Å². The summed E-state index contributed by atoms with van der Waals surface area (Å²) in [7, 11) is 0. The zero-order valence-corrected chi connectivity index (χ0v) is 13.5. The maximum Gasteiger partial charge on any atom is 0.407 e. The molecule has 0 radical (unpaired) electrons. The van der Waals surface area contributed by atoms with Crippen LogP contribution in [0.2, 0.25) is 0 Å². The van der Waals surface area contributed by atoms with E-state index in [0.717, 1.165) is 5.56 Å². The van der Waals surface area contributed by atoms with E-state index in [2.05, 4.69) is 10.6 Å². The Bertz CT molecular complexity index is 561. The molecule has 0 fully saturated rings. The summed E-state index contributed by atoms with van der Waals surface area (Å²) in [6.45, 7) is 5.75. The van der Waals surface area contributed by atoms with Crippen LogP contribution in [-0.2, 0) is 16.1 Å². The highest BCUT2D eigenvalue weighted by molar-refractivity contribution is 5.87. The average molecular weight is 322 g/mol. The van der Waals surface area contributed by atoms with E-state index >= 15 is 0 Å². The van der Waals surface area contributed by atoms with Crippen LogP contribution in [0.1, 0.15) is 43.1 Å². The number of rotatable bonds is 6. The van der Waals surface area contributed by atoms with E-state index in [1.807, 2.05) is 0 Å². The van der Waals surface area contributed by atoms with Crippen molar-refractivity contribution in [1.29, 1.82) is 0 Å². The number of hydrogen-bond acceptors (Lipinski definition) is 4. The Kier molecular flexibility index (Phi) is 6.56. The number of carboxylic acid groups (broad SMARTS) is 1. The molecule has 0 saturated carbocycles. The zero-order valence-electron chi connectivity index (χ0n) is 13.5. The summed E-state index contributed by atoms with van der Waals surface area (Å²) in [6, 6.07) is 6.24. The molecule has 0 bridgehead atoms. The SMILES string of the molecule is CC(C)(C)OC(=O)NCCC(=O)NCc1ccc(C(=O)O)cc1. The number of ether oxygens (including phenoxy) is 1. The Morgan fingerprint density at radius 1 is 1.09 bits per heavy atom. The minimum Gasteiger partial charge on any atom is -0.478 e. The van der Waals surface area contributed by atoms with Gasteiger partial charge in [0, 0.05) is 19.5 Å². The summed E-state index contributed by atoms with van der Waals surface area (Å²) in [4.78, 5) is 33.8. The number of carboxylic acids is 1. The van der Waals surface area contributed by atoms with Crippen LogP contribution in [0, 0.1) is 0 Å². The highest BCUT2D eigenvalue weighted by atomic mass is 16.6. The van der Waals surface area contributed by atoms with Gasteiger partial charge in [0.25, 0.3) is 0 Å². The number of aromatic carboxylic acids is 1. The van der Waals surface area contributed by atoms with Crippen LogP contribution in [0.5, 0.6) is 0 Å². The Labute approximate surface area is 135 Å². The molecule has 3 N–H and O–H groups in total. The minimum absolute atomic E-state index is 0.131. The van der Waals surface area contributed by atoms with Gasteiger partial charge in [-0.25, -0.2) is 9.59 Å². The summed E-state index contributed by atoms with van der Waals surface area (Å²) in [5.41, 5.74) is 0.416. The lowest BCUT2D eigenvalue weighted by Crippen LogP contribution is -2.35. The minimum atomic E-state index is -0.992. The van der Waals surface area contributed by atoms with Crippen molar-refractivity contribution in [3.05, 3.63) is 35.4 Å². The van der Waals surface area contributed by atoms with Crippen molar-refractivity contribution in [2.24, 2.45) is 0 Å². The lowest BCUT2D eigenvalue weighted by atomic mass is 10.1. The molecule has 0 saturated heterocycles. The second-order valence-electron chi connectivity index (χ2n) is 5.96. The number of alkyl carbamates (subject to hydrolysis) is 1. The zero-order chi connectivity index (χ0) is 17.5. The van der Waals surface area contributed by atoms with Gasteiger partial charge in [0.2, 0.25) is 5.91 Å². The summed E-state index contributed by atoms with van der Waals surface area (Å²) < 4.78 is 5.05. The lowest BCUT2D eigenvalue weighted by molar-refractivity contribution is -0.121. The highest BCUT2D eigenvalue weighted by Crippen LogP contribution is 2.06. The standard InChI is InChI=1S/C16H22N2O5/c1-16(2,3)23-15(22)17-9-8-13(19)18-10-11-4-6-12(7-5-11)14(20)21/h4-7H,8-10H2,1-3H3,(H,17,22)(H,18,19)(H,20,21). The average Bonchev–Trinajstić information content (AvgIpc) is 2.43. The van der Waals surface area contributed by atoms with Crippen LogP contribution in [0.25, 0.3) is 0 Å². The maximum atomic E-state index is 11.7. The number of carbonyl (C=O) groups excluding carboxylic acids is 2. The van der Waals surface area contributed by atoms with Gasteiger partial charge in [-0.3, -0.25) is 4.79 Å². The third kappa shape index (κ3) is 7.85. The molecule has 1 aromatic carbocycles. The molecule has 2 amide bonds. The monoisotopic (exact) mass is 322 g/mol. The maximum absolute atomic E-state index is 11.7. The Balaban J connectivity index is 2.27. The molecule has 126 valence electrons. The summed E-state index contributed by atoms with van der Waals surface area (Å²) in [5, 5.41) is 14.0. The van der Waals surface area contributed by atoms with Gasteiger partial charge in [-0.2, -0.15) is 0 Å². The second kappa shape index (κ2) is 8.17. The van der Waals surface area contributed by atoms with Crippen LogP contribution in [0.4, 0.5) is 4.79 Å². The van der Waals surface area contributed by atoms with Crippen molar-refractivity contribution in [1.82, 2.24) is 10.6 Å². The van der Waals surface area contributed by atoms with E-state index in [9.17, 15) is 14.4 Å². The topological polar surface area (TPSA) is 105 Å². The first kappa shape index (κ1) is 18.5. The van der Waals surface area contributed by atoms with Gasteiger partial charge in [0.15, 0.2) is 0 Å². The van der Waals surface area contributed by atoms with Crippen LogP contribution < -0.4 is 10.6 Å². The van der Waals surface area contributed by atoms with Gasteiger partial charge in [-0.15, -0.1) is 0 Å². The lowest BCUT2D eigenvalue weighted by Gasteiger charge is -2.19. The van der Waals surface area contributed by atoms with Gasteiger partial charge < -0.3 is 20.5 Å². The van der Waals surface area contributed by atoms with E-state index in [1.165, 1.54) is 12.1 Å². The summed E-state index contributed by atoms with van der Waals surface area (Å²) in [6.07, 6.45) is -0.429. The molecule has 0 unspecified atom stereocenters. The van der Waals surface area contributed by atoms with Gasteiger partial charge in [-0.1, -0.05) is 12.1 Å². The molecule has 0 atom stereocenters. The molecular formula is C16H22N2O5. The second-order valence-corrected chi connectivity index (χ2v) is 5.96. The predicted molar refractivity (Wildman–Crippen MR) is 84.1 cm³/mol. The number of benzene rings is 1. The predicted octanol–water partition coefficient (Wildman–Crippen LogP) is 1.92. The molecule has 0 aliphatic rings. The first-order valence-electron chi connectivity index (χ1n) is 7.23. The third-order valence-corrected chi connectivity index (χ3v) is 2.71. The van der Waals surface area contributed by atoms with Crippen LogP contribution >= 0.6 is 0 Å². The number of amides is 2. The van der Waals surface area contributed by atoms with Crippen molar-refractivity contribution in [2.45, 2.75) is 39.3 Å². The van der Waals surface area contributed by atoms with E-state index in [-0.39, 0.29) is 24.4 Å². The Hall–Kier alpha value is -2.57. The molecule has 1 rings (SSSR count). The van der Waals surface area contributed by atoms with Crippen molar-refractivity contribution >= 4 is 18.0 Å². The van der Waals surface area contributed by atoms with E-state index in [4.69, 9.17) is 9.84 Å². The molecule has 7 heteroatoms. The first-order valence-corrected chi connectivity index (χ1v) is 7.23. The molecule has 0 aliphatic carbocycles. The Morgan fingerprint density at radius 2 is 1.70 bits per heavy atom. The van der Waals surface area contributed by atoms with Gasteiger partial charge >= 0.3 is 12.1 Å². The fraction of sp³-hybridized carbons (Fsp3) is 0.438. The highest BCUT2D eigenvalue weighted by Gasteiger charge is 2.15. The summed E-state index contributed by atoms with van der Waals surface area (Å²) >= 11 is 0. The van der Waals surface area contributed by atoms with Crippen molar-refractivity contribution in [3.63, 3.8) is 0 Å². The van der Waals surface area contributed by atoms with Gasteiger partial charge in [0.1, 0.15) is 5.60 Å². The molecule has 0 spiro atoms. The molecule has 0 heterocycles. The molecule has 0 aromatic heterocycles. The molecule has 7 nitrogen and oxygen atoms in total. The van der Waals surface area contributed by atoms with E-state index in [1.54, 1.807) is 32.9 Å². The molecular weight excluding hydrogens is 300 g/mol. The number of hydrogen-bond donors (Lipinski definition) is 3. The van der Waals surface area contributed by atoms with Gasteiger partial charge in [0.05, 0.1) is 5.56 Å². The van der Waals surface area contributed by atoms with Crippen molar-refractivity contribution < 1.29 is 24.2 Å². The van der Waals surface area contributed by atoms with Crippen molar-refractivity contribution in [2.75, 3.05) is 6.54 Å². The molecule has 23 heavy (non-hydrogen) atoms. The first-order chi connectivity index (χ1) is 10.7. The Morgan fingerprint density at radius 3 is 2.22 bits per heavy atom. The van der Waals surface area contributed by atoms with E-state index < -0.39 is 17.7 Å². The van der Waals surface area contributed by atoms with Crippen molar-refractivity contribution in [3.8, 4) is 0 Å². The summed E-state index contributed by atoms with van der Waals surface area (Å²) in [5.74, 6) is -1.21. The number of nitrogens with one attached hydrogen (secondary N) is 2. The normalized spacial score (nSPS) is 10.7. The third-order valence-electron chi connectivity index (χ3n) is 2.71. The van der Waals surface area contributed by atoms with Crippen LogP contribution in [0.3, 0.4) is 0 Å². The number of carbonyl (C=O) groups is 3. The molecule has 0 aliphatic heterocycles. The van der Waals surface area contributed by atoms with Crippen LogP contribution in [-0.4, -0.2) is 35.2 Å². The quantitative estimate of drug-likeness (QED) is 0.742. The molecule has 1 aromatic rings. The van der Waals surface area contributed by atoms with Gasteiger partial charge in [-0.05, 0) is 38.5 Å². The fourth-order valence-electron chi connectivity index (χ4n) is 1.65.